The summed E-state index contributed by atoms with van der Waals surface area (Å²) in [5.74, 6) is 0.309. The number of nitrogens with one attached hydrogen (secondary N) is 2. The maximum Gasteiger partial charge on any atom is 0.329 e. The van der Waals surface area contributed by atoms with Crippen LogP contribution in [0.15, 0.2) is 21.9 Å². The highest BCUT2D eigenvalue weighted by Crippen LogP contribution is 2.34. The number of amides is 2. The summed E-state index contributed by atoms with van der Waals surface area (Å²) in [6, 6.07) is 5.50. The van der Waals surface area contributed by atoms with Gasteiger partial charge in [-0.1, -0.05) is 27.7 Å². The predicted molar refractivity (Wildman–Crippen MR) is 115 cm³/mol. The molecule has 0 aliphatic heterocycles. The summed E-state index contributed by atoms with van der Waals surface area (Å²) in [5.41, 5.74) is 2.76. The van der Waals surface area contributed by atoms with Gasteiger partial charge >= 0.3 is 6.03 Å². The molecule has 1 aromatic carbocycles. The molecule has 0 fully saturated rings. The van der Waals surface area contributed by atoms with Gasteiger partial charge in [0.2, 0.25) is 0 Å². The summed E-state index contributed by atoms with van der Waals surface area (Å²) in [7, 11) is 0. The first kappa shape index (κ1) is 22.2. The van der Waals surface area contributed by atoms with E-state index in [1.54, 1.807) is 19.2 Å². The lowest BCUT2D eigenvalue weighted by atomic mass is 9.90. The van der Waals surface area contributed by atoms with Gasteiger partial charge in [0.25, 0.3) is 0 Å². The van der Waals surface area contributed by atoms with Gasteiger partial charge in [-0.05, 0) is 48.9 Å². The number of rotatable bonds is 6. The number of thiazole rings is 1. The summed E-state index contributed by atoms with van der Waals surface area (Å²) in [4.78, 5) is 16.8. The van der Waals surface area contributed by atoms with E-state index in [-0.39, 0.29) is 17.9 Å². The van der Waals surface area contributed by atoms with E-state index in [9.17, 15) is 15.2 Å². The molecule has 6 nitrogen and oxygen atoms in total. The first-order valence-corrected chi connectivity index (χ1v) is 10.7. The number of aromatic nitrogens is 1. The number of carbonyl (C=O) groups is 1. The van der Waals surface area contributed by atoms with Crippen LogP contribution in [-0.2, 0) is 5.60 Å². The largest absolute Gasteiger partial charge is 0.384 e. The third kappa shape index (κ3) is 5.47. The van der Waals surface area contributed by atoms with Crippen LogP contribution in [0, 0.1) is 11.3 Å². The molecule has 0 spiro atoms. The van der Waals surface area contributed by atoms with Gasteiger partial charge < -0.3 is 10.4 Å². The van der Waals surface area contributed by atoms with Gasteiger partial charge in [0.1, 0.15) is 5.60 Å². The molecule has 2 rings (SSSR count). The lowest BCUT2D eigenvalue weighted by Gasteiger charge is -2.20. The summed E-state index contributed by atoms with van der Waals surface area (Å²) in [6.45, 7) is 11.5. The molecule has 0 saturated heterocycles. The monoisotopic (exact) mass is 418 g/mol. The Balaban J connectivity index is 2.19. The number of carbonyl (C=O) groups excluding carboxylic acids is 1. The van der Waals surface area contributed by atoms with E-state index in [2.05, 4.69) is 21.1 Å². The van der Waals surface area contributed by atoms with E-state index in [0.717, 1.165) is 28.8 Å². The maximum atomic E-state index is 12.5. The minimum absolute atomic E-state index is 0.155. The lowest BCUT2D eigenvalue weighted by molar-refractivity contribution is 0.0741. The molecule has 3 N–H and O–H groups in total. The third-order valence-corrected chi connectivity index (χ3v) is 5.88. The fourth-order valence-electron chi connectivity index (χ4n) is 2.62. The van der Waals surface area contributed by atoms with E-state index in [1.165, 1.54) is 11.3 Å². The molecule has 0 saturated carbocycles. The van der Waals surface area contributed by atoms with Crippen LogP contribution in [-0.4, -0.2) is 16.1 Å². The molecule has 28 heavy (non-hydrogen) atoms. The predicted octanol–water partition coefficient (Wildman–Crippen LogP) is 5.32. The minimum Gasteiger partial charge on any atom is -0.384 e. The number of benzene rings is 1. The number of aliphatic hydroxyl groups is 1. The highest BCUT2D eigenvalue weighted by molar-refractivity contribution is 7.99. The minimum atomic E-state index is -1.02. The van der Waals surface area contributed by atoms with Gasteiger partial charge in [0, 0.05) is 23.0 Å². The molecular weight excluding hydrogens is 392 g/mol. The molecule has 2 aromatic rings. The van der Waals surface area contributed by atoms with Crippen LogP contribution in [0.5, 0.6) is 0 Å². The topological polar surface area (TPSA) is 98.0 Å². The van der Waals surface area contributed by atoms with Crippen molar-refractivity contribution in [3.8, 4) is 6.07 Å². The first-order valence-electron chi connectivity index (χ1n) is 9.03. The number of nitrogens with zero attached hydrogens (tertiary/aromatic N) is 2. The van der Waals surface area contributed by atoms with Gasteiger partial charge in [-0.2, -0.15) is 5.26 Å². The van der Waals surface area contributed by atoms with Crippen molar-refractivity contribution >= 4 is 35.0 Å². The van der Waals surface area contributed by atoms with Gasteiger partial charge in [0.05, 0.1) is 17.3 Å². The molecule has 0 aliphatic rings. The van der Waals surface area contributed by atoms with E-state index >= 15 is 0 Å². The molecule has 150 valence electrons. The third-order valence-electron chi connectivity index (χ3n) is 4.15. The van der Waals surface area contributed by atoms with Crippen molar-refractivity contribution < 1.29 is 9.90 Å². The van der Waals surface area contributed by atoms with Crippen molar-refractivity contribution in [3.63, 3.8) is 0 Å². The quantitative estimate of drug-likeness (QED) is 0.552. The number of hydrogen-bond acceptors (Lipinski definition) is 6. The molecule has 0 atom stereocenters. The summed E-state index contributed by atoms with van der Waals surface area (Å²) in [5, 5.41) is 24.0. The molecule has 2 amide bonds. The van der Waals surface area contributed by atoms with Crippen molar-refractivity contribution in [1.82, 2.24) is 9.71 Å². The van der Waals surface area contributed by atoms with Crippen LogP contribution in [0.2, 0.25) is 0 Å². The zero-order chi connectivity index (χ0) is 21.1. The summed E-state index contributed by atoms with van der Waals surface area (Å²) >= 11 is 2.46. The SMILES string of the molecule is CC(C)c1cc(C#N)cc(C(C)C)c1NC(=O)NSc1nc(C(C)(C)O)cs1. The average molecular weight is 419 g/mol. The highest BCUT2D eigenvalue weighted by Gasteiger charge is 2.21. The van der Waals surface area contributed by atoms with Gasteiger partial charge in [-0.15, -0.1) is 11.3 Å². The van der Waals surface area contributed by atoms with E-state index in [4.69, 9.17) is 0 Å². The van der Waals surface area contributed by atoms with Crippen molar-refractivity contribution in [2.75, 3.05) is 5.32 Å². The molecule has 0 radical (unpaired) electrons. The lowest BCUT2D eigenvalue weighted by Crippen LogP contribution is -2.24. The molecule has 0 bridgehead atoms. The van der Waals surface area contributed by atoms with E-state index < -0.39 is 5.60 Å². The fourth-order valence-corrected chi connectivity index (χ4v) is 4.16. The van der Waals surface area contributed by atoms with Crippen LogP contribution >= 0.6 is 23.3 Å². The maximum absolute atomic E-state index is 12.5. The van der Waals surface area contributed by atoms with Crippen molar-refractivity contribution in [2.45, 2.75) is 63.3 Å². The van der Waals surface area contributed by atoms with Gasteiger partial charge in [-0.25, -0.2) is 9.78 Å². The van der Waals surface area contributed by atoms with E-state index in [1.807, 2.05) is 39.8 Å². The van der Waals surface area contributed by atoms with Crippen LogP contribution < -0.4 is 10.0 Å². The molecule has 0 unspecified atom stereocenters. The molecular formula is C20H26N4O2S2. The van der Waals surface area contributed by atoms with Gasteiger partial charge in [-0.3, -0.25) is 4.72 Å². The molecule has 1 heterocycles. The summed E-state index contributed by atoms with van der Waals surface area (Å²) < 4.78 is 3.38. The smallest absolute Gasteiger partial charge is 0.329 e. The Morgan fingerprint density at radius 3 is 2.25 bits per heavy atom. The fraction of sp³-hybridized carbons (Fsp3) is 0.450. The Kier molecular flexibility index (Phi) is 7.10. The Morgan fingerprint density at radius 2 is 1.82 bits per heavy atom. The molecule has 8 heteroatoms. The Bertz CT molecular complexity index is 863. The summed E-state index contributed by atoms with van der Waals surface area (Å²) in [6.07, 6.45) is 0. The Labute approximate surface area is 174 Å². The van der Waals surface area contributed by atoms with Crippen molar-refractivity contribution in [2.24, 2.45) is 0 Å². The molecule has 0 aliphatic carbocycles. The van der Waals surface area contributed by atoms with Crippen LogP contribution in [0.4, 0.5) is 10.5 Å². The first-order chi connectivity index (χ1) is 13.0. The second-order valence-corrected chi connectivity index (χ2v) is 9.58. The standard InChI is InChI=1S/C20H26N4O2S2/c1-11(2)14-7-13(9-21)8-15(12(3)4)17(14)23-18(25)24-28-19-22-16(10-27-19)20(5,6)26/h7-8,10-12,26H,1-6H3,(H2,23,24,25). The normalized spacial score (nSPS) is 11.6. The highest BCUT2D eigenvalue weighted by atomic mass is 32.2. The van der Waals surface area contributed by atoms with Crippen molar-refractivity contribution in [1.29, 1.82) is 5.26 Å². The van der Waals surface area contributed by atoms with Gasteiger partial charge in [0.15, 0.2) is 4.34 Å². The average Bonchev–Trinajstić information content (AvgIpc) is 3.09. The Hall–Kier alpha value is -2.08. The van der Waals surface area contributed by atoms with Crippen LogP contribution in [0.3, 0.4) is 0 Å². The zero-order valence-electron chi connectivity index (χ0n) is 17.0. The number of hydrogen-bond donors (Lipinski definition) is 3. The second-order valence-electron chi connectivity index (χ2n) is 7.67. The van der Waals surface area contributed by atoms with Crippen molar-refractivity contribution in [3.05, 3.63) is 39.9 Å². The van der Waals surface area contributed by atoms with E-state index in [0.29, 0.717) is 15.6 Å². The second kappa shape index (κ2) is 8.95. The molecule has 1 aromatic heterocycles. The number of urea groups is 1. The Morgan fingerprint density at radius 1 is 1.25 bits per heavy atom. The van der Waals surface area contributed by atoms with Crippen LogP contribution in [0.25, 0.3) is 0 Å². The van der Waals surface area contributed by atoms with Crippen LogP contribution in [0.1, 0.15) is 75.8 Å². The number of nitriles is 1. The zero-order valence-corrected chi connectivity index (χ0v) is 18.6. The number of anilines is 1.